The molecule has 0 amide bonds. The maximum absolute atomic E-state index is 13.0. The third-order valence-electron chi connectivity index (χ3n) is 4.71. The summed E-state index contributed by atoms with van der Waals surface area (Å²) in [6, 6.07) is 6.13. The maximum atomic E-state index is 13.0. The summed E-state index contributed by atoms with van der Waals surface area (Å²) in [7, 11) is -1.78. The molecule has 1 fully saturated rings. The van der Waals surface area contributed by atoms with Crippen LogP contribution >= 0.6 is 0 Å². The van der Waals surface area contributed by atoms with Crippen LogP contribution in [0.5, 0.6) is 5.75 Å². The zero-order valence-electron chi connectivity index (χ0n) is 15.1. The highest BCUT2D eigenvalue weighted by Gasteiger charge is 2.35. The summed E-state index contributed by atoms with van der Waals surface area (Å²) >= 11 is 0. The molecule has 1 saturated heterocycles. The number of hydrogen-bond donors (Lipinski definition) is 1. The molecule has 1 aromatic carbocycles. The van der Waals surface area contributed by atoms with Crippen molar-refractivity contribution in [3.05, 3.63) is 36.4 Å². The summed E-state index contributed by atoms with van der Waals surface area (Å²) in [5, 5.41) is 3.98. The van der Waals surface area contributed by atoms with Gasteiger partial charge in [-0.25, -0.2) is 13.4 Å². The van der Waals surface area contributed by atoms with Crippen LogP contribution in [0.25, 0.3) is 0 Å². The van der Waals surface area contributed by atoms with E-state index in [1.165, 1.54) is 6.33 Å². The smallest absolute Gasteiger partial charge is 0.243 e. The van der Waals surface area contributed by atoms with Gasteiger partial charge in [0.05, 0.1) is 4.90 Å². The first kappa shape index (κ1) is 18.8. The fourth-order valence-electron chi connectivity index (χ4n) is 3.20. The van der Waals surface area contributed by atoms with Gasteiger partial charge in [0.25, 0.3) is 0 Å². The largest absolute Gasteiger partial charge is 0.486 e. The molecule has 0 aliphatic carbocycles. The lowest BCUT2D eigenvalue weighted by Crippen LogP contribution is -2.51. The van der Waals surface area contributed by atoms with Gasteiger partial charge in [-0.3, -0.25) is 4.68 Å². The van der Waals surface area contributed by atoms with Gasteiger partial charge >= 0.3 is 0 Å². The third-order valence-corrected chi connectivity index (χ3v) is 6.65. The van der Waals surface area contributed by atoms with Gasteiger partial charge in [-0.15, -0.1) is 0 Å². The number of rotatable bonds is 6. The second kappa shape index (κ2) is 7.73. The van der Waals surface area contributed by atoms with Gasteiger partial charge in [0, 0.05) is 25.7 Å². The Morgan fingerprint density at radius 2 is 2.04 bits per heavy atom. The van der Waals surface area contributed by atoms with E-state index in [1.807, 2.05) is 6.92 Å². The van der Waals surface area contributed by atoms with Crippen molar-refractivity contribution in [3.63, 3.8) is 0 Å². The van der Waals surface area contributed by atoms with E-state index in [2.05, 4.69) is 10.1 Å². The van der Waals surface area contributed by atoms with Crippen LogP contribution in [0.15, 0.2) is 35.5 Å². The highest BCUT2D eigenvalue weighted by atomic mass is 32.2. The number of aromatic nitrogens is 3. The Balaban J connectivity index is 1.73. The summed E-state index contributed by atoms with van der Waals surface area (Å²) in [6.07, 6.45) is 4.13. The predicted molar refractivity (Wildman–Crippen MR) is 97.0 cm³/mol. The van der Waals surface area contributed by atoms with E-state index in [9.17, 15) is 8.42 Å². The van der Waals surface area contributed by atoms with Gasteiger partial charge in [0.2, 0.25) is 10.0 Å². The van der Waals surface area contributed by atoms with Crippen molar-refractivity contribution in [2.45, 2.75) is 49.8 Å². The molecular weight excluding hydrogens is 354 g/mol. The second-order valence-electron chi connectivity index (χ2n) is 6.60. The molecule has 1 aliphatic rings. The van der Waals surface area contributed by atoms with Gasteiger partial charge in [-0.05, 0) is 44.0 Å². The zero-order chi connectivity index (χ0) is 18.7. The van der Waals surface area contributed by atoms with Crippen LogP contribution in [-0.4, -0.2) is 46.1 Å². The van der Waals surface area contributed by atoms with Crippen LogP contribution in [0.2, 0.25) is 0 Å². The average molecular weight is 379 g/mol. The fraction of sp³-hybridized carbons (Fsp3) is 0.529. The Kier molecular flexibility index (Phi) is 5.59. The summed E-state index contributed by atoms with van der Waals surface area (Å²) in [4.78, 5) is 4.35. The Hall–Kier alpha value is -1.97. The summed E-state index contributed by atoms with van der Waals surface area (Å²) in [6.45, 7) is 2.64. The zero-order valence-corrected chi connectivity index (χ0v) is 15.9. The lowest BCUT2D eigenvalue weighted by atomic mass is 10.00. The summed E-state index contributed by atoms with van der Waals surface area (Å²) in [5.41, 5.74) is 6.02. The molecule has 8 nitrogen and oxygen atoms in total. The molecule has 0 radical (unpaired) electrons. The summed E-state index contributed by atoms with van der Waals surface area (Å²) in [5.74, 6) is 1.27. The number of piperidine rings is 1. The standard InChI is InChI=1S/C17H25N5O3S/c1-13(18)16-5-3-4-10-22(16)26(23,24)15-8-6-14(7-9-15)25-11-17-19-12-20-21(17)2/h6-9,12-13,16H,3-5,10-11,18H2,1-2H3/t13-,16-/m1/s1. The molecule has 2 heterocycles. The normalized spacial score (nSPS) is 20.0. The molecule has 3 rings (SSSR count). The Morgan fingerprint density at radius 1 is 1.31 bits per heavy atom. The molecule has 1 aromatic heterocycles. The number of sulfonamides is 1. The average Bonchev–Trinajstić information content (AvgIpc) is 3.05. The van der Waals surface area contributed by atoms with Gasteiger partial charge in [0.1, 0.15) is 18.7 Å². The van der Waals surface area contributed by atoms with Crippen molar-refractivity contribution in [2.75, 3.05) is 6.54 Å². The molecule has 2 aromatic rings. The van der Waals surface area contributed by atoms with Crippen molar-refractivity contribution in [2.24, 2.45) is 12.8 Å². The highest BCUT2D eigenvalue weighted by molar-refractivity contribution is 7.89. The van der Waals surface area contributed by atoms with Crippen LogP contribution in [-0.2, 0) is 23.7 Å². The molecule has 142 valence electrons. The third kappa shape index (κ3) is 3.89. The van der Waals surface area contributed by atoms with E-state index >= 15 is 0 Å². The fourth-order valence-corrected chi connectivity index (χ4v) is 4.97. The van der Waals surface area contributed by atoms with Gasteiger partial charge in [-0.1, -0.05) is 6.42 Å². The number of hydrogen-bond acceptors (Lipinski definition) is 6. The van der Waals surface area contributed by atoms with Crippen molar-refractivity contribution >= 4 is 10.0 Å². The Labute approximate surface area is 154 Å². The quantitative estimate of drug-likeness (QED) is 0.811. The van der Waals surface area contributed by atoms with E-state index in [0.29, 0.717) is 18.1 Å². The van der Waals surface area contributed by atoms with E-state index in [-0.39, 0.29) is 23.6 Å². The van der Waals surface area contributed by atoms with Gasteiger partial charge in [0.15, 0.2) is 5.82 Å². The first-order chi connectivity index (χ1) is 12.4. The van der Waals surface area contributed by atoms with Crippen molar-refractivity contribution in [1.82, 2.24) is 19.1 Å². The minimum atomic E-state index is -3.57. The molecule has 0 unspecified atom stereocenters. The molecule has 1 aliphatic heterocycles. The maximum Gasteiger partial charge on any atom is 0.243 e. The Bertz CT molecular complexity index is 832. The van der Waals surface area contributed by atoms with Crippen molar-refractivity contribution in [3.8, 4) is 5.75 Å². The topological polar surface area (TPSA) is 103 Å². The highest BCUT2D eigenvalue weighted by Crippen LogP contribution is 2.27. The van der Waals surface area contributed by atoms with Crippen molar-refractivity contribution in [1.29, 1.82) is 0 Å². The van der Waals surface area contributed by atoms with Crippen LogP contribution in [0.4, 0.5) is 0 Å². The molecule has 26 heavy (non-hydrogen) atoms. The Morgan fingerprint density at radius 3 is 2.65 bits per heavy atom. The minimum absolute atomic E-state index is 0.152. The van der Waals surface area contributed by atoms with E-state index in [0.717, 1.165) is 19.3 Å². The van der Waals surface area contributed by atoms with E-state index in [4.69, 9.17) is 10.5 Å². The summed E-state index contributed by atoms with van der Waals surface area (Å²) < 4.78 is 34.9. The molecule has 0 bridgehead atoms. The van der Waals surface area contributed by atoms with Crippen LogP contribution in [0, 0.1) is 0 Å². The van der Waals surface area contributed by atoms with E-state index in [1.54, 1.807) is 40.3 Å². The first-order valence-electron chi connectivity index (χ1n) is 8.73. The first-order valence-corrected chi connectivity index (χ1v) is 10.2. The van der Waals surface area contributed by atoms with Crippen LogP contribution in [0.3, 0.4) is 0 Å². The van der Waals surface area contributed by atoms with Crippen LogP contribution < -0.4 is 10.5 Å². The van der Waals surface area contributed by atoms with Gasteiger partial charge < -0.3 is 10.5 Å². The molecular formula is C17H25N5O3S. The SMILES string of the molecule is C[C@@H](N)[C@H]1CCCCN1S(=O)(=O)c1ccc(OCc2ncnn2C)cc1. The predicted octanol–water partition coefficient (Wildman–Crippen LogP) is 1.28. The monoisotopic (exact) mass is 379 g/mol. The van der Waals surface area contributed by atoms with Crippen molar-refractivity contribution < 1.29 is 13.2 Å². The molecule has 0 saturated carbocycles. The molecule has 2 atom stereocenters. The van der Waals surface area contributed by atoms with Crippen LogP contribution in [0.1, 0.15) is 32.0 Å². The number of nitrogens with two attached hydrogens (primary N) is 1. The molecule has 9 heteroatoms. The molecule has 2 N–H and O–H groups in total. The minimum Gasteiger partial charge on any atom is -0.486 e. The number of ether oxygens (including phenoxy) is 1. The lowest BCUT2D eigenvalue weighted by Gasteiger charge is -2.36. The van der Waals surface area contributed by atoms with Gasteiger partial charge in [-0.2, -0.15) is 9.40 Å². The number of aryl methyl sites for hydroxylation is 1. The van der Waals surface area contributed by atoms with E-state index < -0.39 is 10.0 Å². The lowest BCUT2D eigenvalue weighted by molar-refractivity contribution is 0.227. The number of nitrogens with zero attached hydrogens (tertiary/aromatic N) is 4. The second-order valence-corrected chi connectivity index (χ2v) is 8.49. The molecule has 0 spiro atoms. The number of benzene rings is 1.